The first-order valence-corrected chi connectivity index (χ1v) is 6.08. The summed E-state index contributed by atoms with van der Waals surface area (Å²) in [6, 6.07) is 10.4. The monoisotopic (exact) mass is 273 g/mol. The number of carbonyl (C=O) groups excluding carboxylic acids is 2. The highest BCUT2D eigenvalue weighted by Crippen LogP contribution is 2.31. The van der Waals surface area contributed by atoms with E-state index < -0.39 is 11.8 Å². The molecule has 0 saturated heterocycles. The summed E-state index contributed by atoms with van der Waals surface area (Å²) in [7, 11) is 0. The molecule has 2 rings (SSSR count). The fourth-order valence-corrected chi connectivity index (χ4v) is 2.00. The number of hydrogen-bond acceptors (Lipinski definition) is 4. The molecule has 104 valence electrons. The van der Waals surface area contributed by atoms with Crippen LogP contribution in [0.1, 0.15) is 12.8 Å². The van der Waals surface area contributed by atoms with Gasteiger partial charge in [-0.1, -0.05) is 24.3 Å². The van der Waals surface area contributed by atoms with E-state index in [1.807, 2.05) is 12.1 Å². The highest BCUT2D eigenvalue weighted by molar-refractivity contribution is 6.07. The first-order chi connectivity index (χ1) is 9.50. The fourth-order valence-electron chi connectivity index (χ4n) is 2.00. The molecular formula is C14H15N3O3. The molecule has 6 heteroatoms. The molecule has 0 radical (unpaired) electrons. The first kappa shape index (κ1) is 13.8. The number of nitrogen functional groups attached to an aromatic ring is 1. The van der Waals surface area contributed by atoms with Crippen molar-refractivity contribution >= 4 is 34.0 Å². The topological polar surface area (TPSA) is 110 Å². The summed E-state index contributed by atoms with van der Waals surface area (Å²) in [4.78, 5) is 22.5. The molecule has 0 spiro atoms. The zero-order valence-corrected chi connectivity index (χ0v) is 10.7. The zero-order valence-electron chi connectivity index (χ0n) is 10.7. The van der Waals surface area contributed by atoms with E-state index in [1.165, 1.54) is 0 Å². The van der Waals surface area contributed by atoms with Crippen molar-refractivity contribution in [2.75, 3.05) is 10.8 Å². The quantitative estimate of drug-likeness (QED) is 0.444. The van der Waals surface area contributed by atoms with Gasteiger partial charge in [-0.25, -0.2) is 0 Å². The van der Waals surface area contributed by atoms with Crippen molar-refractivity contribution in [2.45, 2.75) is 12.8 Å². The third kappa shape index (κ3) is 2.70. The van der Waals surface area contributed by atoms with Gasteiger partial charge < -0.3 is 11.5 Å². The lowest BCUT2D eigenvalue weighted by Crippen LogP contribution is -2.28. The maximum atomic E-state index is 11.8. The van der Waals surface area contributed by atoms with Gasteiger partial charge in [0.25, 0.3) is 5.91 Å². The van der Waals surface area contributed by atoms with Crippen LogP contribution in [0.5, 0.6) is 0 Å². The van der Waals surface area contributed by atoms with Crippen LogP contribution in [-0.2, 0) is 9.59 Å². The van der Waals surface area contributed by atoms with E-state index in [-0.39, 0.29) is 18.5 Å². The molecule has 5 N–H and O–H groups in total. The minimum atomic E-state index is -0.612. The van der Waals surface area contributed by atoms with Gasteiger partial charge in [0.2, 0.25) is 5.91 Å². The average Bonchev–Trinajstić information content (AvgIpc) is 2.43. The Morgan fingerprint density at radius 2 is 1.75 bits per heavy atom. The summed E-state index contributed by atoms with van der Waals surface area (Å²) in [5.41, 5.74) is 11.6. The van der Waals surface area contributed by atoms with E-state index >= 15 is 0 Å². The van der Waals surface area contributed by atoms with Crippen molar-refractivity contribution in [3.8, 4) is 0 Å². The third-order valence-electron chi connectivity index (χ3n) is 2.96. The molecule has 0 aliphatic heterocycles. The van der Waals surface area contributed by atoms with Crippen molar-refractivity contribution in [3.05, 3.63) is 36.4 Å². The average molecular weight is 273 g/mol. The number of carbonyl (C=O) groups is 2. The summed E-state index contributed by atoms with van der Waals surface area (Å²) in [5.74, 6) is -1.20. The number of primary amides is 1. The van der Waals surface area contributed by atoms with Crippen LogP contribution in [0, 0.1) is 0 Å². The van der Waals surface area contributed by atoms with Crippen LogP contribution >= 0.6 is 0 Å². The Balaban J connectivity index is 2.37. The molecule has 0 atom stereocenters. The maximum absolute atomic E-state index is 11.8. The van der Waals surface area contributed by atoms with Crippen molar-refractivity contribution in [3.63, 3.8) is 0 Å². The van der Waals surface area contributed by atoms with E-state index in [0.29, 0.717) is 16.1 Å². The van der Waals surface area contributed by atoms with E-state index in [1.54, 1.807) is 24.3 Å². The van der Waals surface area contributed by atoms with Gasteiger partial charge in [0.05, 0.1) is 5.69 Å². The van der Waals surface area contributed by atoms with Crippen molar-refractivity contribution < 1.29 is 14.8 Å². The van der Waals surface area contributed by atoms with Crippen LogP contribution in [0.15, 0.2) is 36.4 Å². The number of nitrogens with zero attached hydrogens (tertiary/aromatic N) is 1. The summed E-state index contributed by atoms with van der Waals surface area (Å²) < 4.78 is 0. The number of fused-ring (bicyclic) bond motifs is 1. The molecular weight excluding hydrogens is 258 g/mol. The van der Waals surface area contributed by atoms with Gasteiger partial charge in [-0.3, -0.25) is 14.8 Å². The Labute approximate surface area is 115 Å². The zero-order chi connectivity index (χ0) is 14.7. The normalized spacial score (nSPS) is 10.4. The summed E-state index contributed by atoms with van der Waals surface area (Å²) >= 11 is 0. The van der Waals surface area contributed by atoms with Crippen molar-refractivity contribution in [1.29, 1.82) is 0 Å². The van der Waals surface area contributed by atoms with Crippen LogP contribution in [0.2, 0.25) is 0 Å². The van der Waals surface area contributed by atoms with Gasteiger partial charge in [-0.05, 0) is 17.5 Å². The second-order valence-electron chi connectivity index (χ2n) is 4.39. The Kier molecular flexibility index (Phi) is 3.86. The molecule has 0 aliphatic rings. The van der Waals surface area contributed by atoms with Gasteiger partial charge in [0.15, 0.2) is 0 Å². The number of nitrogens with two attached hydrogens (primary N) is 2. The summed E-state index contributed by atoms with van der Waals surface area (Å²) in [5, 5.41) is 11.9. The van der Waals surface area contributed by atoms with Gasteiger partial charge >= 0.3 is 0 Å². The van der Waals surface area contributed by atoms with Crippen LogP contribution in [0.3, 0.4) is 0 Å². The molecule has 2 aromatic rings. The summed E-state index contributed by atoms with van der Waals surface area (Å²) in [6.45, 7) is 0. The van der Waals surface area contributed by atoms with E-state index in [9.17, 15) is 14.8 Å². The van der Waals surface area contributed by atoms with Gasteiger partial charge in [-0.15, -0.1) is 0 Å². The molecule has 0 fully saturated rings. The lowest BCUT2D eigenvalue weighted by molar-refractivity contribution is -0.126. The lowest BCUT2D eigenvalue weighted by atomic mass is 10.1. The van der Waals surface area contributed by atoms with Gasteiger partial charge in [-0.2, -0.15) is 5.06 Å². The number of rotatable bonds is 4. The van der Waals surface area contributed by atoms with Crippen LogP contribution < -0.4 is 16.5 Å². The van der Waals surface area contributed by atoms with Gasteiger partial charge in [0.1, 0.15) is 0 Å². The molecule has 0 bridgehead atoms. The lowest BCUT2D eigenvalue weighted by Gasteiger charge is -2.17. The number of hydrogen-bond donors (Lipinski definition) is 3. The smallest absolute Gasteiger partial charge is 0.251 e. The highest BCUT2D eigenvalue weighted by Gasteiger charge is 2.17. The predicted molar refractivity (Wildman–Crippen MR) is 76.1 cm³/mol. The highest BCUT2D eigenvalue weighted by atomic mass is 16.5. The molecule has 6 nitrogen and oxygen atoms in total. The Morgan fingerprint density at radius 3 is 2.40 bits per heavy atom. The molecule has 0 aromatic heterocycles. The minimum Gasteiger partial charge on any atom is -0.398 e. The fraction of sp³-hybridized carbons (Fsp3) is 0.143. The van der Waals surface area contributed by atoms with Crippen molar-refractivity contribution in [1.82, 2.24) is 0 Å². The Hall–Kier alpha value is -2.60. The number of hydroxylamine groups is 1. The predicted octanol–water partition coefficient (Wildman–Crippen LogP) is 1.41. The van der Waals surface area contributed by atoms with E-state index in [4.69, 9.17) is 11.5 Å². The Morgan fingerprint density at radius 1 is 1.10 bits per heavy atom. The maximum Gasteiger partial charge on any atom is 0.251 e. The molecule has 0 heterocycles. The Bertz CT molecular complexity index is 665. The van der Waals surface area contributed by atoms with E-state index in [0.717, 1.165) is 5.39 Å². The minimum absolute atomic E-state index is 0.115. The standard InChI is InChI=1S/C14H15N3O3/c15-10-5-1-3-9-4-2-6-11(14(9)10)17(20)13(19)8-7-12(16)18/h1-6,20H,7-8,15H2,(H2,16,18). The van der Waals surface area contributed by atoms with E-state index in [2.05, 4.69) is 0 Å². The largest absolute Gasteiger partial charge is 0.398 e. The molecule has 20 heavy (non-hydrogen) atoms. The third-order valence-corrected chi connectivity index (χ3v) is 2.96. The van der Waals surface area contributed by atoms with Crippen LogP contribution in [-0.4, -0.2) is 17.0 Å². The summed E-state index contributed by atoms with van der Waals surface area (Å²) in [6.07, 6.45) is -0.273. The van der Waals surface area contributed by atoms with Crippen LogP contribution in [0.4, 0.5) is 11.4 Å². The molecule has 0 aliphatic carbocycles. The molecule has 0 saturated carbocycles. The van der Waals surface area contributed by atoms with Gasteiger partial charge in [0, 0.05) is 23.9 Å². The molecule has 2 amide bonds. The van der Waals surface area contributed by atoms with Crippen molar-refractivity contribution in [2.24, 2.45) is 5.73 Å². The molecule has 0 unspecified atom stereocenters. The second-order valence-corrected chi connectivity index (χ2v) is 4.39. The SMILES string of the molecule is NC(=O)CCC(=O)N(O)c1cccc2cccc(N)c12. The second kappa shape index (κ2) is 5.58. The first-order valence-electron chi connectivity index (χ1n) is 6.08. The number of benzene rings is 2. The molecule has 2 aromatic carbocycles. The van der Waals surface area contributed by atoms with Crippen LogP contribution in [0.25, 0.3) is 10.8 Å². The number of amides is 2. The number of anilines is 2.